The van der Waals surface area contributed by atoms with Gasteiger partial charge in [0.25, 0.3) is 0 Å². The Hall–Kier alpha value is -0.660. The standard InChI is InChI=1S/C9H16O2/c10-8-6-4-2-1-3-5-7-9-11/h8-9H,1-7H2. The van der Waals surface area contributed by atoms with Crippen LogP contribution in [-0.4, -0.2) is 12.6 Å². The van der Waals surface area contributed by atoms with Gasteiger partial charge in [0.1, 0.15) is 12.6 Å². The van der Waals surface area contributed by atoms with Crippen molar-refractivity contribution < 1.29 is 9.59 Å². The zero-order chi connectivity index (χ0) is 8.36. The molecule has 0 spiro atoms. The summed E-state index contributed by atoms with van der Waals surface area (Å²) in [5.74, 6) is 0. The van der Waals surface area contributed by atoms with E-state index < -0.39 is 0 Å². The highest BCUT2D eigenvalue weighted by Gasteiger charge is 1.89. The van der Waals surface area contributed by atoms with Crippen molar-refractivity contribution in [1.82, 2.24) is 0 Å². The van der Waals surface area contributed by atoms with Crippen molar-refractivity contribution >= 4 is 12.6 Å². The van der Waals surface area contributed by atoms with E-state index in [1.54, 1.807) is 0 Å². The molecule has 0 saturated carbocycles. The molecule has 0 rings (SSSR count). The van der Waals surface area contributed by atoms with Crippen molar-refractivity contribution in [3.05, 3.63) is 0 Å². The van der Waals surface area contributed by atoms with Crippen molar-refractivity contribution in [2.45, 2.75) is 44.9 Å². The molecular formula is C9H16O2. The summed E-state index contributed by atoms with van der Waals surface area (Å²) in [6, 6.07) is 0. The second-order valence-corrected chi connectivity index (χ2v) is 2.68. The highest BCUT2D eigenvalue weighted by atomic mass is 16.1. The highest BCUT2D eigenvalue weighted by molar-refractivity contribution is 5.49. The molecule has 0 amide bonds. The van der Waals surface area contributed by atoms with Gasteiger partial charge in [-0.25, -0.2) is 0 Å². The maximum absolute atomic E-state index is 9.89. The minimum Gasteiger partial charge on any atom is -0.303 e. The molecule has 11 heavy (non-hydrogen) atoms. The molecule has 0 radical (unpaired) electrons. The monoisotopic (exact) mass is 156 g/mol. The van der Waals surface area contributed by atoms with Crippen LogP contribution in [0, 0.1) is 0 Å². The molecule has 2 nitrogen and oxygen atoms in total. The molecule has 0 atom stereocenters. The summed E-state index contributed by atoms with van der Waals surface area (Å²) in [6.07, 6.45) is 8.71. The summed E-state index contributed by atoms with van der Waals surface area (Å²) in [4.78, 5) is 19.8. The van der Waals surface area contributed by atoms with Crippen LogP contribution in [0.2, 0.25) is 0 Å². The van der Waals surface area contributed by atoms with Crippen LogP contribution in [0.3, 0.4) is 0 Å². The van der Waals surface area contributed by atoms with Gasteiger partial charge < -0.3 is 9.59 Å². The second-order valence-electron chi connectivity index (χ2n) is 2.68. The second kappa shape index (κ2) is 9.34. The Bertz CT molecular complexity index is 87.7. The van der Waals surface area contributed by atoms with Crippen molar-refractivity contribution in [1.29, 1.82) is 0 Å². The number of carbonyl (C=O) groups is 2. The van der Waals surface area contributed by atoms with Crippen LogP contribution in [-0.2, 0) is 9.59 Å². The van der Waals surface area contributed by atoms with E-state index in [1.165, 1.54) is 0 Å². The SMILES string of the molecule is O=CCCCCCCCC=O. The summed E-state index contributed by atoms with van der Waals surface area (Å²) < 4.78 is 0. The van der Waals surface area contributed by atoms with Gasteiger partial charge in [-0.05, 0) is 12.8 Å². The van der Waals surface area contributed by atoms with Gasteiger partial charge in [-0.2, -0.15) is 0 Å². The molecule has 0 aromatic rings. The average molecular weight is 156 g/mol. The molecule has 0 saturated heterocycles. The van der Waals surface area contributed by atoms with E-state index in [4.69, 9.17) is 0 Å². The number of aldehydes is 2. The first-order valence-corrected chi connectivity index (χ1v) is 4.29. The molecule has 0 aliphatic heterocycles. The summed E-state index contributed by atoms with van der Waals surface area (Å²) >= 11 is 0. The fourth-order valence-corrected chi connectivity index (χ4v) is 0.986. The number of unbranched alkanes of at least 4 members (excludes halogenated alkanes) is 6. The van der Waals surface area contributed by atoms with Gasteiger partial charge in [0, 0.05) is 12.8 Å². The van der Waals surface area contributed by atoms with E-state index in [9.17, 15) is 9.59 Å². The van der Waals surface area contributed by atoms with Gasteiger partial charge in [0.05, 0.1) is 0 Å². The van der Waals surface area contributed by atoms with Gasteiger partial charge in [0.15, 0.2) is 0 Å². The van der Waals surface area contributed by atoms with Gasteiger partial charge >= 0.3 is 0 Å². The first kappa shape index (κ1) is 10.3. The third-order valence-corrected chi connectivity index (χ3v) is 1.64. The van der Waals surface area contributed by atoms with Crippen LogP contribution in [0.25, 0.3) is 0 Å². The predicted octanol–water partition coefficient (Wildman–Crippen LogP) is 2.11. The van der Waals surface area contributed by atoms with E-state index >= 15 is 0 Å². The van der Waals surface area contributed by atoms with E-state index in [0.717, 1.165) is 44.7 Å². The largest absolute Gasteiger partial charge is 0.303 e. The molecule has 0 N–H and O–H groups in total. The lowest BCUT2D eigenvalue weighted by Gasteiger charge is -1.95. The molecule has 0 fully saturated rings. The Morgan fingerprint density at radius 3 is 1.36 bits per heavy atom. The minimum absolute atomic E-state index is 0.688. The van der Waals surface area contributed by atoms with Gasteiger partial charge in [-0.15, -0.1) is 0 Å². The lowest BCUT2D eigenvalue weighted by Crippen LogP contribution is -1.81. The van der Waals surface area contributed by atoms with E-state index in [0.29, 0.717) is 12.8 Å². The Morgan fingerprint density at radius 1 is 0.636 bits per heavy atom. The fraction of sp³-hybridized carbons (Fsp3) is 0.778. The molecule has 0 unspecified atom stereocenters. The third kappa shape index (κ3) is 9.34. The highest BCUT2D eigenvalue weighted by Crippen LogP contribution is 2.04. The molecule has 0 aliphatic rings. The molecule has 0 bridgehead atoms. The molecule has 0 aromatic carbocycles. The van der Waals surface area contributed by atoms with Gasteiger partial charge in [0.2, 0.25) is 0 Å². The molecule has 64 valence electrons. The van der Waals surface area contributed by atoms with Crippen molar-refractivity contribution in [2.75, 3.05) is 0 Å². The van der Waals surface area contributed by atoms with Crippen molar-refractivity contribution in [2.24, 2.45) is 0 Å². The minimum atomic E-state index is 0.688. The maximum atomic E-state index is 9.89. The fourth-order valence-electron chi connectivity index (χ4n) is 0.986. The summed E-state index contributed by atoms with van der Waals surface area (Å²) in [7, 11) is 0. The Balaban J connectivity index is 2.79. The molecule has 2 heteroatoms. The molecular weight excluding hydrogens is 140 g/mol. The molecule has 0 heterocycles. The zero-order valence-corrected chi connectivity index (χ0v) is 6.92. The van der Waals surface area contributed by atoms with E-state index in [-0.39, 0.29) is 0 Å². The van der Waals surface area contributed by atoms with Crippen LogP contribution < -0.4 is 0 Å². The van der Waals surface area contributed by atoms with Gasteiger partial charge in [-0.3, -0.25) is 0 Å². The Morgan fingerprint density at radius 2 is 1.00 bits per heavy atom. The van der Waals surface area contributed by atoms with Crippen LogP contribution >= 0.6 is 0 Å². The Kier molecular flexibility index (Phi) is 8.78. The predicted molar refractivity (Wildman–Crippen MR) is 44.4 cm³/mol. The normalized spacial score (nSPS) is 9.45. The topological polar surface area (TPSA) is 34.1 Å². The Labute approximate surface area is 68.0 Å². The maximum Gasteiger partial charge on any atom is 0.119 e. The zero-order valence-electron chi connectivity index (χ0n) is 6.92. The first-order valence-electron chi connectivity index (χ1n) is 4.29. The average Bonchev–Trinajstić information content (AvgIpc) is 2.03. The number of hydrogen-bond acceptors (Lipinski definition) is 2. The van der Waals surface area contributed by atoms with Crippen molar-refractivity contribution in [3.8, 4) is 0 Å². The number of carbonyl (C=O) groups excluding carboxylic acids is 2. The number of rotatable bonds is 8. The first-order chi connectivity index (χ1) is 5.41. The molecule has 0 aromatic heterocycles. The van der Waals surface area contributed by atoms with E-state index in [2.05, 4.69) is 0 Å². The lowest BCUT2D eigenvalue weighted by atomic mass is 10.1. The van der Waals surface area contributed by atoms with Gasteiger partial charge in [-0.1, -0.05) is 19.3 Å². The number of hydrogen-bond donors (Lipinski definition) is 0. The quantitative estimate of drug-likeness (QED) is 0.398. The van der Waals surface area contributed by atoms with Crippen LogP contribution in [0.1, 0.15) is 44.9 Å². The van der Waals surface area contributed by atoms with Crippen LogP contribution in [0.15, 0.2) is 0 Å². The summed E-state index contributed by atoms with van der Waals surface area (Å²) in [6.45, 7) is 0. The summed E-state index contributed by atoms with van der Waals surface area (Å²) in [5, 5.41) is 0. The van der Waals surface area contributed by atoms with E-state index in [1.807, 2.05) is 0 Å². The van der Waals surface area contributed by atoms with Crippen LogP contribution in [0.5, 0.6) is 0 Å². The third-order valence-electron chi connectivity index (χ3n) is 1.64. The van der Waals surface area contributed by atoms with Crippen molar-refractivity contribution in [3.63, 3.8) is 0 Å². The molecule has 0 aliphatic carbocycles. The lowest BCUT2D eigenvalue weighted by molar-refractivity contribution is -0.108. The summed E-state index contributed by atoms with van der Waals surface area (Å²) in [5.41, 5.74) is 0. The smallest absolute Gasteiger partial charge is 0.119 e. The van der Waals surface area contributed by atoms with Crippen LogP contribution in [0.4, 0.5) is 0 Å².